The van der Waals surface area contributed by atoms with Crippen LogP contribution < -0.4 is 0 Å². The number of Topliss-reactive ketones (excluding diaryl/α,β-unsaturated/α-hetero) is 2. The predicted octanol–water partition coefficient (Wildman–Crippen LogP) is 4.70. The van der Waals surface area contributed by atoms with Gasteiger partial charge in [0.25, 0.3) is 0 Å². The summed E-state index contributed by atoms with van der Waals surface area (Å²) < 4.78 is 0. The molecule has 142 valence electrons. The van der Waals surface area contributed by atoms with E-state index in [4.69, 9.17) is 0 Å². The summed E-state index contributed by atoms with van der Waals surface area (Å²) in [5.41, 5.74) is 3.33. The molecule has 0 amide bonds. The van der Waals surface area contributed by atoms with Crippen molar-refractivity contribution in [2.75, 3.05) is 0 Å². The van der Waals surface area contributed by atoms with Crippen molar-refractivity contribution in [1.29, 1.82) is 0 Å². The van der Waals surface area contributed by atoms with Crippen LogP contribution in [0.25, 0.3) is 0 Å². The number of nitrogens with zero attached hydrogens (tertiary/aromatic N) is 2. The van der Waals surface area contributed by atoms with Gasteiger partial charge in [-0.25, -0.2) is 0 Å². The van der Waals surface area contributed by atoms with Crippen LogP contribution in [0.5, 0.6) is 0 Å². The van der Waals surface area contributed by atoms with Crippen molar-refractivity contribution < 1.29 is 9.59 Å². The summed E-state index contributed by atoms with van der Waals surface area (Å²) in [6, 6.07) is 26.3. The fourth-order valence-electron chi connectivity index (χ4n) is 3.83. The van der Waals surface area contributed by atoms with Gasteiger partial charge in [-0.1, -0.05) is 84.9 Å². The first-order chi connectivity index (χ1) is 14.2. The molecular formula is C25H20N2O2. The zero-order chi connectivity index (χ0) is 20.2. The Morgan fingerprint density at radius 3 is 1.90 bits per heavy atom. The van der Waals surface area contributed by atoms with E-state index in [-0.39, 0.29) is 11.6 Å². The molecule has 0 heterocycles. The van der Waals surface area contributed by atoms with Crippen LogP contribution >= 0.6 is 0 Å². The quantitative estimate of drug-likeness (QED) is 0.366. The Morgan fingerprint density at radius 1 is 0.828 bits per heavy atom. The largest absolute Gasteiger partial charge is 0.297 e. The van der Waals surface area contributed by atoms with Crippen LogP contribution in [0.1, 0.15) is 39.9 Å². The van der Waals surface area contributed by atoms with Gasteiger partial charge in [0.05, 0.1) is 11.6 Å². The topological polar surface area (TPSA) is 58.9 Å². The molecule has 0 aromatic heterocycles. The molecular weight excluding hydrogens is 360 g/mol. The first-order valence-corrected chi connectivity index (χ1v) is 9.55. The highest BCUT2D eigenvalue weighted by molar-refractivity contribution is 6.38. The molecule has 3 aromatic rings. The number of fused-ring (bicyclic) bond motifs is 1. The SMILES string of the molecule is C/C=N\N=C1/c2ccccc2C(=O)[C@@H]1C(=O)C(c1ccccc1)c1ccccc1. The van der Waals surface area contributed by atoms with Crippen molar-refractivity contribution in [1.82, 2.24) is 0 Å². The monoisotopic (exact) mass is 380 g/mol. The van der Waals surface area contributed by atoms with E-state index in [0.29, 0.717) is 16.8 Å². The first kappa shape index (κ1) is 18.7. The van der Waals surface area contributed by atoms with E-state index in [2.05, 4.69) is 10.2 Å². The number of hydrogen-bond acceptors (Lipinski definition) is 4. The van der Waals surface area contributed by atoms with Crippen LogP contribution in [-0.4, -0.2) is 23.5 Å². The summed E-state index contributed by atoms with van der Waals surface area (Å²) in [4.78, 5) is 27.1. The lowest BCUT2D eigenvalue weighted by molar-refractivity contribution is -0.120. The van der Waals surface area contributed by atoms with E-state index in [1.807, 2.05) is 72.8 Å². The zero-order valence-electron chi connectivity index (χ0n) is 16.0. The number of rotatable bonds is 5. The molecule has 1 atom stereocenters. The standard InChI is InChI=1S/C25H20N2O2/c1-2-26-27-23-19-15-9-10-16-20(19)24(28)22(23)25(29)21(17-11-5-3-6-12-17)18-13-7-4-8-14-18/h2-16,21-22H,1H3/b26-2-,27-23+/t22-/m1/s1. The van der Waals surface area contributed by atoms with Crippen molar-refractivity contribution in [3.05, 3.63) is 107 Å². The Bertz CT molecular complexity index is 1060. The van der Waals surface area contributed by atoms with Crippen LogP contribution in [0.3, 0.4) is 0 Å². The molecule has 0 saturated carbocycles. The molecule has 0 N–H and O–H groups in total. The Balaban J connectivity index is 1.85. The third-order valence-electron chi connectivity index (χ3n) is 5.12. The van der Waals surface area contributed by atoms with Gasteiger partial charge in [-0.2, -0.15) is 10.2 Å². The van der Waals surface area contributed by atoms with Gasteiger partial charge in [-0.05, 0) is 18.1 Å². The van der Waals surface area contributed by atoms with Gasteiger partial charge in [0.15, 0.2) is 11.6 Å². The van der Waals surface area contributed by atoms with Gasteiger partial charge in [-0.15, -0.1) is 0 Å². The third-order valence-corrected chi connectivity index (χ3v) is 5.12. The van der Waals surface area contributed by atoms with Gasteiger partial charge in [0.2, 0.25) is 0 Å². The molecule has 1 aliphatic carbocycles. The highest BCUT2D eigenvalue weighted by atomic mass is 16.2. The van der Waals surface area contributed by atoms with E-state index >= 15 is 0 Å². The van der Waals surface area contributed by atoms with E-state index in [1.165, 1.54) is 0 Å². The van der Waals surface area contributed by atoms with Crippen molar-refractivity contribution in [2.45, 2.75) is 12.8 Å². The normalized spacial score (nSPS) is 17.2. The predicted molar refractivity (Wildman–Crippen MR) is 115 cm³/mol. The second-order valence-electron chi connectivity index (χ2n) is 6.86. The summed E-state index contributed by atoms with van der Waals surface area (Å²) in [5, 5.41) is 8.23. The maximum atomic E-state index is 13.8. The second kappa shape index (κ2) is 8.15. The zero-order valence-corrected chi connectivity index (χ0v) is 16.0. The van der Waals surface area contributed by atoms with Crippen LogP contribution in [0.2, 0.25) is 0 Å². The molecule has 0 spiro atoms. The van der Waals surface area contributed by atoms with E-state index in [9.17, 15) is 9.59 Å². The molecule has 0 aliphatic heterocycles. The van der Waals surface area contributed by atoms with Crippen molar-refractivity contribution >= 4 is 23.5 Å². The average molecular weight is 380 g/mol. The van der Waals surface area contributed by atoms with Crippen molar-refractivity contribution in [3.63, 3.8) is 0 Å². The number of ketones is 2. The lowest BCUT2D eigenvalue weighted by Gasteiger charge is -2.20. The highest BCUT2D eigenvalue weighted by Gasteiger charge is 2.44. The maximum Gasteiger partial charge on any atom is 0.180 e. The molecule has 29 heavy (non-hydrogen) atoms. The van der Waals surface area contributed by atoms with Crippen LogP contribution in [0, 0.1) is 5.92 Å². The lowest BCUT2D eigenvalue weighted by Crippen LogP contribution is -2.31. The molecule has 4 rings (SSSR count). The molecule has 1 aliphatic rings. The number of carbonyl (C=O) groups excluding carboxylic acids is 2. The molecule has 4 heteroatoms. The fraction of sp³-hybridized carbons (Fsp3) is 0.120. The van der Waals surface area contributed by atoms with Crippen molar-refractivity contribution in [2.24, 2.45) is 16.1 Å². The summed E-state index contributed by atoms with van der Waals surface area (Å²) in [6.45, 7) is 1.75. The van der Waals surface area contributed by atoms with E-state index in [1.54, 1.807) is 25.3 Å². The Labute approximate surface area is 169 Å². The number of benzene rings is 3. The van der Waals surface area contributed by atoms with Gasteiger partial charge in [0, 0.05) is 17.3 Å². The summed E-state index contributed by atoms with van der Waals surface area (Å²) in [6.07, 6.45) is 1.55. The van der Waals surface area contributed by atoms with Crippen molar-refractivity contribution in [3.8, 4) is 0 Å². The Kier molecular flexibility index (Phi) is 5.25. The molecule has 0 saturated heterocycles. The second-order valence-corrected chi connectivity index (χ2v) is 6.86. The van der Waals surface area contributed by atoms with Crippen LogP contribution in [0.15, 0.2) is 95.1 Å². The third kappa shape index (κ3) is 3.45. The Hall–Kier alpha value is -3.66. The van der Waals surface area contributed by atoms with Gasteiger partial charge < -0.3 is 0 Å². The molecule has 3 aromatic carbocycles. The van der Waals surface area contributed by atoms with Crippen LogP contribution in [-0.2, 0) is 4.79 Å². The lowest BCUT2D eigenvalue weighted by atomic mass is 9.80. The fourth-order valence-corrected chi connectivity index (χ4v) is 3.83. The van der Waals surface area contributed by atoms with Gasteiger partial charge in [-0.3, -0.25) is 9.59 Å². The molecule has 0 fully saturated rings. The molecule has 4 nitrogen and oxygen atoms in total. The minimum absolute atomic E-state index is 0.186. The molecule has 0 bridgehead atoms. The van der Waals surface area contributed by atoms with Gasteiger partial charge >= 0.3 is 0 Å². The molecule has 0 unspecified atom stereocenters. The minimum Gasteiger partial charge on any atom is -0.297 e. The first-order valence-electron chi connectivity index (χ1n) is 9.55. The van der Waals surface area contributed by atoms with Gasteiger partial charge in [0.1, 0.15) is 5.92 Å². The van der Waals surface area contributed by atoms with E-state index < -0.39 is 11.8 Å². The number of carbonyl (C=O) groups is 2. The number of hydrogen-bond donors (Lipinski definition) is 0. The minimum atomic E-state index is -0.971. The average Bonchev–Trinajstić information content (AvgIpc) is 3.06. The summed E-state index contributed by atoms with van der Waals surface area (Å²) in [7, 11) is 0. The smallest absolute Gasteiger partial charge is 0.180 e. The van der Waals surface area contributed by atoms with E-state index in [0.717, 1.165) is 11.1 Å². The Morgan fingerprint density at radius 2 is 1.34 bits per heavy atom. The summed E-state index contributed by atoms with van der Waals surface area (Å²) >= 11 is 0. The maximum absolute atomic E-state index is 13.8. The molecule has 0 radical (unpaired) electrons. The highest BCUT2D eigenvalue weighted by Crippen LogP contribution is 2.35. The van der Waals surface area contributed by atoms with Crippen LogP contribution in [0.4, 0.5) is 0 Å². The summed E-state index contributed by atoms with van der Waals surface area (Å²) in [5.74, 6) is -1.93.